The normalized spacial score (nSPS) is 13.3. The molecular weight excluding hydrogens is 354 g/mol. The van der Waals surface area contributed by atoms with Gasteiger partial charge in [0.1, 0.15) is 5.75 Å². The number of nitrogens with one attached hydrogen (secondary N) is 1. The molecule has 1 N–H and O–H groups in total. The van der Waals surface area contributed by atoms with E-state index in [1.165, 1.54) is 6.08 Å². The molecule has 136 valence electrons. The van der Waals surface area contributed by atoms with Gasteiger partial charge in [0, 0.05) is 19.0 Å². The monoisotopic (exact) mass is 373 g/mol. The fraction of sp³-hybridized carbons (Fsp3) is 0.250. The van der Waals surface area contributed by atoms with Crippen LogP contribution in [0, 0.1) is 0 Å². The van der Waals surface area contributed by atoms with Crippen molar-refractivity contribution in [2.24, 2.45) is 0 Å². The number of ether oxygens (including phenoxy) is 3. The van der Waals surface area contributed by atoms with Crippen molar-refractivity contribution in [3.05, 3.63) is 58.6 Å². The Morgan fingerprint density at radius 2 is 2.00 bits per heavy atom. The summed E-state index contributed by atoms with van der Waals surface area (Å²) in [5.74, 6) is 1.76. The Labute approximate surface area is 157 Å². The molecule has 0 bridgehead atoms. The fourth-order valence-electron chi connectivity index (χ4n) is 2.51. The summed E-state index contributed by atoms with van der Waals surface area (Å²) in [6.07, 6.45) is 3.98. The largest absolute Gasteiger partial charge is 0.497 e. The third-order valence-corrected chi connectivity index (χ3v) is 4.16. The summed E-state index contributed by atoms with van der Waals surface area (Å²) >= 11 is 6.25. The molecule has 0 spiro atoms. The number of carbonyl (C=O) groups is 1. The van der Waals surface area contributed by atoms with E-state index < -0.39 is 0 Å². The molecule has 0 fully saturated rings. The zero-order valence-corrected chi connectivity index (χ0v) is 15.2. The number of halogens is 1. The van der Waals surface area contributed by atoms with Crippen LogP contribution in [0.1, 0.15) is 17.5 Å². The summed E-state index contributed by atoms with van der Waals surface area (Å²) in [4.78, 5) is 12.0. The third-order valence-electron chi connectivity index (χ3n) is 3.88. The minimum Gasteiger partial charge on any atom is -0.497 e. The van der Waals surface area contributed by atoms with E-state index in [4.69, 9.17) is 25.8 Å². The Hall–Kier alpha value is -2.66. The van der Waals surface area contributed by atoms with Gasteiger partial charge in [-0.15, -0.1) is 0 Å². The molecule has 2 aromatic rings. The zero-order valence-electron chi connectivity index (χ0n) is 14.5. The summed E-state index contributed by atoms with van der Waals surface area (Å²) in [6.45, 7) is 1.60. The average Bonchev–Trinajstić information content (AvgIpc) is 2.91. The molecule has 0 atom stereocenters. The maximum atomic E-state index is 12.0. The van der Waals surface area contributed by atoms with Crippen LogP contribution in [0.15, 0.2) is 42.5 Å². The highest BCUT2D eigenvalue weighted by atomic mass is 35.5. The van der Waals surface area contributed by atoms with Gasteiger partial charge in [0.05, 0.1) is 25.3 Å². The highest BCUT2D eigenvalue weighted by Crippen LogP contribution is 2.38. The van der Waals surface area contributed by atoms with Crippen LogP contribution < -0.4 is 19.5 Å². The molecule has 1 heterocycles. The summed E-state index contributed by atoms with van der Waals surface area (Å²) in [6, 6.07) is 11.1. The molecule has 1 amide bonds. The van der Waals surface area contributed by atoms with Gasteiger partial charge in [-0.3, -0.25) is 4.79 Å². The standard InChI is InChI=1S/C20H20ClNO4/c1-24-16-6-3-14(4-7-16)13-22-19(23)8-5-15-11-17(21)20-18(12-15)25-9-2-10-26-20/h3-8,11-12H,2,9-10,13H2,1H3,(H,22,23). The molecule has 1 aliphatic rings. The van der Waals surface area contributed by atoms with E-state index in [9.17, 15) is 4.79 Å². The van der Waals surface area contributed by atoms with Crippen molar-refractivity contribution in [1.82, 2.24) is 5.32 Å². The quantitative estimate of drug-likeness (QED) is 0.809. The van der Waals surface area contributed by atoms with Crippen molar-refractivity contribution >= 4 is 23.6 Å². The molecule has 0 aliphatic carbocycles. The van der Waals surface area contributed by atoms with Crippen molar-refractivity contribution in [3.8, 4) is 17.2 Å². The smallest absolute Gasteiger partial charge is 0.244 e. The first-order valence-corrected chi connectivity index (χ1v) is 8.71. The van der Waals surface area contributed by atoms with Gasteiger partial charge < -0.3 is 19.5 Å². The first kappa shape index (κ1) is 18.1. The maximum absolute atomic E-state index is 12.0. The van der Waals surface area contributed by atoms with Crippen LogP contribution in [0.4, 0.5) is 0 Å². The number of carbonyl (C=O) groups excluding carboxylic acids is 1. The molecule has 26 heavy (non-hydrogen) atoms. The average molecular weight is 374 g/mol. The zero-order chi connectivity index (χ0) is 18.4. The second kappa shape index (κ2) is 8.63. The van der Waals surface area contributed by atoms with Gasteiger partial charge in [0.15, 0.2) is 11.5 Å². The summed E-state index contributed by atoms with van der Waals surface area (Å²) in [5.41, 5.74) is 1.77. The number of methoxy groups -OCH3 is 1. The minimum atomic E-state index is -0.191. The lowest BCUT2D eigenvalue weighted by molar-refractivity contribution is -0.116. The number of rotatable bonds is 5. The van der Waals surface area contributed by atoms with E-state index in [0.29, 0.717) is 36.3 Å². The van der Waals surface area contributed by atoms with Gasteiger partial charge in [0.2, 0.25) is 5.91 Å². The van der Waals surface area contributed by atoms with Crippen LogP contribution in [0.2, 0.25) is 5.02 Å². The van der Waals surface area contributed by atoms with Crippen LogP contribution in [0.5, 0.6) is 17.2 Å². The number of benzene rings is 2. The van der Waals surface area contributed by atoms with E-state index >= 15 is 0 Å². The van der Waals surface area contributed by atoms with Crippen LogP contribution in [-0.2, 0) is 11.3 Å². The highest BCUT2D eigenvalue weighted by molar-refractivity contribution is 6.32. The third kappa shape index (κ3) is 4.70. The summed E-state index contributed by atoms with van der Waals surface area (Å²) < 4.78 is 16.4. The Kier molecular flexibility index (Phi) is 6.02. The Morgan fingerprint density at radius 1 is 1.23 bits per heavy atom. The fourth-order valence-corrected chi connectivity index (χ4v) is 2.78. The van der Waals surface area contributed by atoms with Gasteiger partial charge in [0.25, 0.3) is 0 Å². The topological polar surface area (TPSA) is 56.8 Å². The van der Waals surface area contributed by atoms with Crippen molar-refractivity contribution in [3.63, 3.8) is 0 Å². The van der Waals surface area contributed by atoms with Crippen LogP contribution in [0.3, 0.4) is 0 Å². The molecule has 0 saturated carbocycles. The highest BCUT2D eigenvalue weighted by Gasteiger charge is 2.14. The van der Waals surface area contributed by atoms with Crippen molar-refractivity contribution in [2.45, 2.75) is 13.0 Å². The minimum absolute atomic E-state index is 0.191. The molecule has 0 saturated heterocycles. The van der Waals surface area contributed by atoms with E-state index in [0.717, 1.165) is 23.3 Å². The Bertz CT molecular complexity index is 802. The second-order valence-corrected chi connectivity index (χ2v) is 6.19. The SMILES string of the molecule is COc1ccc(CNC(=O)C=Cc2cc(Cl)c3c(c2)OCCCO3)cc1. The number of fused-ring (bicyclic) bond motifs is 1. The molecule has 1 aliphatic heterocycles. The van der Waals surface area contributed by atoms with E-state index in [1.807, 2.05) is 30.3 Å². The molecule has 0 unspecified atom stereocenters. The van der Waals surface area contributed by atoms with Crippen LogP contribution in [-0.4, -0.2) is 26.2 Å². The van der Waals surface area contributed by atoms with E-state index in [1.54, 1.807) is 19.3 Å². The van der Waals surface area contributed by atoms with Gasteiger partial charge in [-0.25, -0.2) is 0 Å². The van der Waals surface area contributed by atoms with E-state index in [2.05, 4.69) is 5.32 Å². The van der Waals surface area contributed by atoms with Gasteiger partial charge in [-0.2, -0.15) is 0 Å². The van der Waals surface area contributed by atoms with Crippen LogP contribution in [0.25, 0.3) is 6.08 Å². The van der Waals surface area contributed by atoms with Crippen LogP contribution >= 0.6 is 11.6 Å². The van der Waals surface area contributed by atoms with Crippen molar-refractivity contribution in [2.75, 3.05) is 20.3 Å². The molecule has 2 aromatic carbocycles. The Balaban J connectivity index is 1.60. The Morgan fingerprint density at radius 3 is 2.77 bits per heavy atom. The lowest BCUT2D eigenvalue weighted by Crippen LogP contribution is -2.20. The lowest BCUT2D eigenvalue weighted by Gasteiger charge is -2.10. The molecular formula is C20H20ClNO4. The van der Waals surface area contributed by atoms with E-state index in [-0.39, 0.29) is 5.91 Å². The van der Waals surface area contributed by atoms with Gasteiger partial charge in [-0.1, -0.05) is 23.7 Å². The summed E-state index contributed by atoms with van der Waals surface area (Å²) in [5, 5.41) is 3.31. The number of amides is 1. The lowest BCUT2D eigenvalue weighted by atomic mass is 10.2. The number of hydrogen-bond donors (Lipinski definition) is 1. The number of hydrogen-bond acceptors (Lipinski definition) is 4. The second-order valence-electron chi connectivity index (χ2n) is 5.78. The molecule has 6 heteroatoms. The molecule has 0 aromatic heterocycles. The predicted octanol–water partition coefficient (Wildman–Crippen LogP) is 3.84. The van der Waals surface area contributed by atoms with Crippen molar-refractivity contribution < 1.29 is 19.0 Å². The first-order valence-electron chi connectivity index (χ1n) is 8.33. The van der Waals surface area contributed by atoms with Gasteiger partial charge in [-0.05, 0) is 41.5 Å². The molecule has 3 rings (SSSR count). The van der Waals surface area contributed by atoms with Gasteiger partial charge >= 0.3 is 0 Å². The molecule has 5 nitrogen and oxygen atoms in total. The first-order chi connectivity index (χ1) is 12.7. The summed E-state index contributed by atoms with van der Waals surface area (Å²) in [7, 11) is 1.62. The van der Waals surface area contributed by atoms with Crippen molar-refractivity contribution in [1.29, 1.82) is 0 Å². The molecule has 0 radical (unpaired) electrons. The maximum Gasteiger partial charge on any atom is 0.244 e. The predicted molar refractivity (Wildman–Crippen MR) is 101 cm³/mol.